The molecule has 2 aromatic carbocycles. The number of benzene rings is 2. The van der Waals surface area contributed by atoms with Crippen molar-refractivity contribution < 1.29 is 41.4 Å². The summed E-state index contributed by atoms with van der Waals surface area (Å²) in [5, 5.41) is 0. The number of nitrogens with zero attached hydrogens (tertiary/aromatic N) is 3. The van der Waals surface area contributed by atoms with Crippen LogP contribution in [-0.4, -0.2) is 90.6 Å². The molecule has 0 unspecified atom stereocenters. The molecule has 3 amide bonds. The number of carbonyl (C=O) groups excluding carboxylic acids is 3. The highest BCUT2D eigenvalue weighted by molar-refractivity contribution is 7.93. The third kappa shape index (κ3) is 5.54. The Kier molecular flexibility index (Phi) is 9.39. The molecule has 3 aliphatic rings. The van der Waals surface area contributed by atoms with Crippen LogP contribution in [0.15, 0.2) is 59.2 Å². The highest BCUT2D eigenvalue weighted by Gasteiger charge is 2.58. The van der Waals surface area contributed by atoms with Crippen molar-refractivity contribution in [1.82, 2.24) is 9.80 Å². The van der Waals surface area contributed by atoms with Gasteiger partial charge >= 0.3 is 12.2 Å². The fraction of sp³-hybridized carbons (Fsp3) is 0.485. The molecule has 0 radical (unpaired) electrons. The number of para-hydroxylation sites is 1. The van der Waals surface area contributed by atoms with Crippen LogP contribution in [0.2, 0.25) is 16.6 Å². The molecule has 254 valence electrons. The molecule has 5 rings (SSSR count). The van der Waals surface area contributed by atoms with Crippen molar-refractivity contribution in [3.05, 3.63) is 59.9 Å². The van der Waals surface area contributed by atoms with E-state index in [0.717, 1.165) is 4.90 Å². The van der Waals surface area contributed by atoms with Gasteiger partial charge < -0.3 is 18.6 Å². The molecule has 3 aliphatic heterocycles. The van der Waals surface area contributed by atoms with Crippen molar-refractivity contribution in [2.24, 2.45) is 0 Å². The van der Waals surface area contributed by atoms with Crippen LogP contribution in [0, 0.1) is 0 Å². The highest BCUT2D eigenvalue weighted by atomic mass is 32.2. The molecular formula is C33H43N3O9SSi. The molecule has 0 aromatic heterocycles. The van der Waals surface area contributed by atoms with Crippen LogP contribution < -0.4 is 9.04 Å². The molecule has 0 N–H and O–H groups in total. The van der Waals surface area contributed by atoms with Crippen LogP contribution in [0.25, 0.3) is 5.57 Å². The highest BCUT2D eigenvalue weighted by Crippen LogP contribution is 2.52. The second-order valence-electron chi connectivity index (χ2n) is 12.8. The second-order valence-corrected chi connectivity index (χ2v) is 20.0. The number of rotatable bonds is 9. The topological polar surface area (TPSA) is 132 Å². The summed E-state index contributed by atoms with van der Waals surface area (Å²) in [7, 11) is -4.40. The SMILES string of the molecule is COC(=O)N1CC(O[Si](C(C)C)(C(C)C)C(C)C)=C2c3ccccc3N(S(=O)(=O)c3ccc(OC)cc3)[C@H]2[C@@H]1C(=O)N1CCOC1=O. The van der Waals surface area contributed by atoms with Crippen molar-refractivity contribution >= 4 is 47.7 Å². The number of fused-ring (bicyclic) bond motifs is 3. The Labute approximate surface area is 277 Å². The average Bonchev–Trinajstić information content (AvgIpc) is 3.63. The van der Waals surface area contributed by atoms with E-state index in [1.807, 2.05) is 0 Å². The van der Waals surface area contributed by atoms with Gasteiger partial charge in [-0.2, -0.15) is 0 Å². The van der Waals surface area contributed by atoms with Crippen LogP contribution >= 0.6 is 0 Å². The number of methoxy groups -OCH3 is 2. The van der Waals surface area contributed by atoms with Gasteiger partial charge in [0.25, 0.3) is 24.2 Å². The zero-order chi connectivity index (χ0) is 34.4. The number of cyclic esters (lactones) is 1. The summed E-state index contributed by atoms with van der Waals surface area (Å²) in [6, 6.07) is 10.2. The van der Waals surface area contributed by atoms with Gasteiger partial charge in [-0.25, -0.2) is 22.9 Å². The van der Waals surface area contributed by atoms with Gasteiger partial charge in [0.05, 0.1) is 37.9 Å². The fourth-order valence-corrected chi connectivity index (χ4v) is 14.5. The molecule has 0 spiro atoms. The minimum Gasteiger partial charge on any atom is -0.544 e. The summed E-state index contributed by atoms with van der Waals surface area (Å²) < 4.78 is 53.4. The van der Waals surface area contributed by atoms with E-state index in [1.54, 1.807) is 36.4 Å². The maximum Gasteiger partial charge on any atom is 0.416 e. The number of amides is 3. The first kappa shape index (κ1) is 34.3. The Morgan fingerprint density at radius 2 is 1.55 bits per heavy atom. The van der Waals surface area contributed by atoms with Crippen LogP contribution in [0.5, 0.6) is 5.75 Å². The van der Waals surface area contributed by atoms with Crippen LogP contribution in [0.1, 0.15) is 47.1 Å². The lowest BCUT2D eigenvalue weighted by atomic mass is 9.90. The lowest BCUT2D eigenvalue weighted by Crippen LogP contribution is -2.64. The molecule has 14 heteroatoms. The number of sulfonamides is 1. The van der Waals surface area contributed by atoms with E-state index < -0.39 is 48.5 Å². The molecule has 3 heterocycles. The molecular weight excluding hydrogens is 643 g/mol. The van der Waals surface area contributed by atoms with Gasteiger partial charge in [-0.3, -0.25) is 14.0 Å². The predicted molar refractivity (Wildman–Crippen MR) is 178 cm³/mol. The lowest BCUT2D eigenvalue weighted by molar-refractivity contribution is -0.133. The number of hydrogen-bond donors (Lipinski definition) is 0. The van der Waals surface area contributed by atoms with E-state index in [4.69, 9.17) is 18.6 Å². The maximum atomic E-state index is 14.7. The zero-order valence-corrected chi connectivity index (χ0v) is 29.9. The molecule has 2 atom stereocenters. The van der Waals surface area contributed by atoms with E-state index >= 15 is 0 Å². The lowest BCUT2D eigenvalue weighted by Gasteiger charge is -2.47. The second kappa shape index (κ2) is 12.9. The molecule has 12 nitrogen and oxygen atoms in total. The fourth-order valence-electron chi connectivity index (χ4n) is 7.54. The number of anilines is 1. The zero-order valence-electron chi connectivity index (χ0n) is 28.1. The van der Waals surface area contributed by atoms with Gasteiger partial charge in [-0.05, 0) is 47.0 Å². The van der Waals surface area contributed by atoms with E-state index in [9.17, 15) is 22.8 Å². The third-order valence-electron chi connectivity index (χ3n) is 9.54. The number of hydrogen-bond acceptors (Lipinski definition) is 9. The summed E-state index contributed by atoms with van der Waals surface area (Å²) in [5.41, 5.74) is 1.82. The molecule has 0 saturated carbocycles. The van der Waals surface area contributed by atoms with Crippen molar-refractivity contribution in [3.8, 4) is 5.75 Å². The Bertz CT molecular complexity index is 1670. The molecule has 0 aliphatic carbocycles. The van der Waals surface area contributed by atoms with Gasteiger partial charge in [-0.15, -0.1) is 0 Å². The van der Waals surface area contributed by atoms with E-state index in [2.05, 4.69) is 41.5 Å². The van der Waals surface area contributed by atoms with Crippen LogP contribution in [-0.2, 0) is 28.7 Å². The van der Waals surface area contributed by atoms with Crippen molar-refractivity contribution in [1.29, 1.82) is 0 Å². The monoisotopic (exact) mass is 685 g/mol. The number of imide groups is 1. The predicted octanol–water partition coefficient (Wildman–Crippen LogP) is 5.61. The van der Waals surface area contributed by atoms with Crippen LogP contribution in [0.3, 0.4) is 0 Å². The first-order valence-corrected chi connectivity index (χ1v) is 19.3. The molecule has 2 aromatic rings. The molecule has 1 fully saturated rings. The maximum absolute atomic E-state index is 14.7. The Morgan fingerprint density at radius 1 is 0.936 bits per heavy atom. The first-order chi connectivity index (χ1) is 22.2. The summed E-state index contributed by atoms with van der Waals surface area (Å²) in [6.07, 6.45) is -1.72. The first-order valence-electron chi connectivity index (χ1n) is 15.7. The smallest absolute Gasteiger partial charge is 0.416 e. The summed E-state index contributed by atoms with van der Waals surface area (Å²) in [5.74, 6) is 0.105. The third-order valence-corrected chi connectivity index (χ3v) is 17.4. The van der Waals surface area contributed by atoms with Gasteiger partial charge in [0.15, 0.2) is 0 Å². The quantitative estimate of drug-likeness (QED) is 0.309. The number of carbonyl (C=O) groups is 3. The van der Waals surface area contributed by atoms with Crippen molar-refractivity contribution in [2.75, 3.05) is 38.2 Å². The van der Waals surface area contributed by atoms with Gasteiger partial charge in [-0.1, -0.05) is 59.7 Å². The summed E-state index contributed by atoms with van der Waals surface area (Å²) >= 11 is 0. The summed E-state index contributed by atoms with van der Waals surface area (Å²) in [4.78, 5) is 42.8. The van der Waals surface area contributed by atoms with E-state index in [1.165, 1.54) is 35.6 Å². The number of ether oxygens (including phenoxy) is 3. The largest absolute Gasteiger partial charge is 0.544 e. The van der Waals surface area contributed by atoms with Crippen molar-refractivity contribution in [3.63, 3.8) is 0 Å². The summed E-state index contributed by atoms with van der Waals surface area (Å²) in [6.45, 7) is 12.6. The normalized spacial score (nSPS) is 19.7. The minimum absolute atomic E-state index is 0.0172. The average molecular weight is 686 g/mol. The van der Waals surface area contributed by atoms with Crippen molar-refractivity contribution in [2.45, 2.75) is 75.1 Å². The van der Waals surface area contributed by atoms with Gasteiger partial charge in [0.2, 0.25) is 0 Å². The van der Waals surface area contributed by atoms with E-state index in [0.29, 0.717) is 28.3 Å². The molecule has 0 bridgehead atoms. The minimum atomic E-state index is -4.39. The standard InChI is InChI=1S/C33H43N3O9SSi/c1-20(2)47(21(3)4,22(5)6)45-27-19-35(32(38)43-8)30(31(37)34-17-18-44-33(34)39)29-28(27)25-11-9-10-12-26(25)36(29)46(40,41)24-15-13-23(42-7)14-16-24/h9-16,20-22,29-30H,17-19H2,1-8H3/t29-,30-/m1/s1. The Morgan fingerprint density at radius 3 is 2.09 bits per heavy atom. The van der Waals surface area contributed by atoms with Crippen LogP contribution in [0.4, 0.5) is 15.3 Å². The Balaban J connectivity index is 1.83. The van der Waals surface area contributed by atoms with Gasteiger partial charge in [0.1, 0.15) is 30.2 Å². The Hall–Kier alpha value is -4.04. The molecule has 1 saturated heterocycles. The molecule has 47 heavy (non-hydrogen) atoms. The van der Waals surface area contributed by atoms with E-state index in [-0.39, 0.29) is 41.2 Å². The van der Waals surface area contributed by atoms with Gasteiger partial charge in [0, 0.05) is 11.1 Å².